The number of carbonyl (C=O) groups excluding carboxylic acids is 2. The van der Waals surface area contributed by atoms with Crippen molar-refractivity contribution in [2.75, 3.05) is 12.1 Å². The predicted molar refractivity (Wildman–Crippen MR) is 114 cm³/mol. The van der Waals surface area contributed by atoms with Gasteiger partial charge in [0.05, 0.1) is 11.0 Å². The zero-order valence-corrected chi connectivity index (χ0v) is 17.2. The van der Waals surface area contributed by atoms with Crippen LogP contribution in [0.15, 0.2) is 60.7 Å². The van der Waals surface area contributed by atoms with Crippen LogP contribution in [0.4, 0.5) is 18.9 Å². The van der Waals surface area contributed by atoms with Crippen LogP contribution in [0.1, 0.15) is 34.3 Å². The molecule has 1 aliphatic heterocycles. The molecule has 3 aromatic carbocycles. The van der Waals surface area contributed by atoms with Crippen LogP contribution in [0.25, 0.3) is 11.1 Å². The van der Waals surface area contributed by atoms with Gasteiger partial charge in [-0.15, -0.1) is 0 Å². The number of halogens is 3. The van der Waals surface area contributed by atoms with E-state index in [1.54, 1.807) is 30.3 Å². The number of ether oxygens (including phenoxy) is 2. The fourth-order valence-electron chi connectivity index (χ4n) is 4.00. The first-order chi connectivity index (χ1) is 15.8. The molecule has 1 aliphatic carbocycles. The third kappa shape index (κ3) is 3.92. The molecule has 3 aromatic rings. The number of alkyl halides is 3. The number of hydrogen-bond acceptors (Lipinski definition) is 4. The minimum absolute atomic E-state index is 0.0521. The maximum Gasteiger partial charge on any atom is 0.416 e. The molecule has 0 aromatic heterocycles. The number of benzene rings is 3. The molecule has 0 atom stereocenters. The van der Waals surface area contributed by atoms with Crippen LogP contribution in [-0.4, -0.2) is 19.0 Å². The summed E-state index contributed by atoms with van der Waals surface area (Å²) in [4.78, 5) is 24.1. The van der Waals surface area contributed by atoms with Gasteiger partial charge in [0.25, 0.3) is 0 Å². The van der Waals surface area contributed by atoms with E-state index in [1.165, 1.54) is 18.2 Å². The molecule has 1 heterocycles. The fraction of sp³-hybridized carbons (Fsp3) is 0.200. The van der Waals surface area contributed by atoms with E-state index in [-0.39, 0.29) is 24.0 Å². The van der Waals surface area contributed by atoms with E-state index >= 15 is 0 Å². The summed E-state index contributed by atoms with van der Waals surface area (Å²) >= 11 is 0. The van der Waals surface area contributed by atoms with E-state index in [1.807, 2.05) is 0 Å². The smallest absolute Gasteiger partial charge is 0.416 e. The van der Waals surface area contributed by atoms with E-state index in [0.717, 1.165) is 17.7 Å². The van der Waals surface area contributed by atoms with Crippen molar-refractivity contribution >= 4 is 17.9 Å². The number of nitrogens with one attached hydrogen (secondary N) is 1. The first-order valence-corrected chi connectivity index (χ1v) is 10.3. The van der Waals surface area contributed by atoms with Crippen molar-refractivity contribution < 1.29 is 32.2 Å². The summed E-state index contributed by atoms with van der Waals surface area (Å²) in [7, 11) is 0. The maximum absolute atomic E-state index is 13.6. The Morgan fingerprint density at radius 3 is 2.30 bits per heavy atom. The van der Waals surface area contributed by atoms with Crippen LogP contribution in [0.5, 0.6) is 11.5 Å². The summed E-state index contributed by atoms with van der Waals surface area (Å²) in [6.07, 6.45) is -2.77. The average Bonchev–Trinajstić information content (AvgIpc) is 3.49. The molecule has 1 saturated carbocycles. The second kappa shape index (κ2) is 7.65. The summed E-state index contributed by atoms with van der Waals surface area (Å²) in [5.41, 5.74) is 0.296. The highest BCUT2D eigenvalue weighted by Gasteiger charge is 2.51. The molecule has 0 spiro atoms. The molecule has 1 amide bonds. The number of aldehydes is 1. The van der Waals surface area contributed by atoms with E-state index in [9.17, 15) is 22.8 Å². The summed E-state index contributed by atoms with van der Waals surface area (Å²) in [5.74, 6) is 0.771. The van der Waals surface area contributed by atoms with Crippen molar-refractivity contribution in [2.45, 2.75) is 24.4 Å². The van der Waals surface area contributed by atoms with Gasteiger partial charge in [-0.05, 0) is 59.9 Å². The minimum atomic E-state index is -4.59. The molecule has 33 heavy (non-hydrogen) atoms. The SMILES string of the molecule is O=Cc1ccc(-c2cc(NC(=O)C3(c4ccc5c(c4)OCO5)CC3)cc(C(F)(F)F)c2)cc1. The molecule has 5 nitrogen and oxygen atoms in total. The molecule has 8 heteroatoms. The Morgan fingerprint density at radius 1 is 0.909 bits per heavy atom. The lowest BCUT2D eigenvalue weighted by Gasteiger charge is -2.18. The summed E-state index contributed by atoms with van der Waals surface area (Å²) < 4.78 is 51.4. The molecule has 1 fully saturated rings. The molecule has 0 saturated heterocycles. The van der Waals surface area contributed by atoms with E-state index in [4.69, 9.17) is 9.47 Å². The predicted octanol–water partition coefficient (Wildman–Crippen LogP) is 5.58. The lowest BCUT2D eigenvalue weighted by atomic mass is 9.94. The zero-order chi connectivity index (χ0) is 23.2. The Hall–Kier alpha value is -3.81. The first kappa shape index (κ1) is 21.1. The van der Waals surface area contributed by atoms with Crippen molar-refractivity contribution in [3.63, 3.8) is 0 Å². The highest BCUT2D eigenvalue weighted by atomic mass is 19.4. The number of carbonyl (C=O) groups is 2. The second-order valence-electron chi connectivity index (χ2n) is 8.14. The van der Waals surface area contributed by atoms with Crippen molar-refractivity contribution in [3.8, 4) is 22.6 Å². The van der Waals surface area contributed by atoms with Crippen molar-refractivity contribution in [3.05, 3.63) is 77.4 Å². The van der Waals surface area contributed by atoms with Gasteiger partial charge in [-0.1, -0.05) is 30.3 Å². The Bertz CT molecular complexity index is 1250. The van der Waals surface area contributed by atoms with Gasteiger partial charge in [0.1, 0.15) is 6.29 Å². The molecule has 5 rings (SSSR count). The Balaban J connectivity index is 1.47. The molecular weight excluding hydrogens is 435 g/mol. The maximum atomic E-state index is 13.6. The largest absolute Gasteiger partial charge is 0.454 e. The molecule has 0 unspecified atom stereocenters. The second-order valence-corrected chi connectivity index (χ2v) is 8.14. The topological polar surface area (TPSA) is 64.6 Å². The summed E-state index contributed by atoms with van der Waals surface area (Å²) in [5, 5.41) is 2.69. The first-order valence-electron chi connectivity index (χ1n) is 10.3. The third-order valence-corrected chi connectivity index (χ3v) is 6.01. The Kier molecular flexibility index (Phi) is 4.88. The van der Waals surface area contributed by atoms with Crippen LogP contribution in [-0.2, 0) is 16.4 Å². The number of anilines is 1. The van der Waals surface area contributed by atoms with Crippen molar-refractivity contribution in [1.29, 1.82) is 0 Å². The van der Waals surface area contributed by atoms with Gasteiger partial charge in [-0.25, -0.2) is 0 Å². The van der Waals surface area contributed by atoms with Crippen LogP contribution < -0.4 is 14.8 Å². The number of fused-ring (bicyclic) bond motifs is 1. The highest BCUT2D eigenvalue weighted by molar-refractivity contribution is 6.02. The van der Waals surface area contributed by atoms with Gasteiger partial charge in [0.15, 0.2) is 11.5 Å². The molecular formula is C25H18F3NO4. The molecule has 0 bridgehead atoms. The van der Waals surface area contributed by atoms with Gasteiger partial charge in [-0.2, -0.15) is 13.2 Å². The highest BCUT2D eigenvalue weighted by Crippen LogP contribution is 2.51. The monoisotopic (exact) mass is 453 g/mol. The van der Waals surface area contributed by atoms with Crippen LogP contribution >= 0.6 is 0 Å². The van der Waals surface area contributed by atoms with E-state index < -0.39 is 17.2 Å². The van der Waals surface area contributed by atoms with Crippen LogP contribution in [0.3, 0.4) is 0 Å². The zero-order valence-electron chi connectivity index (χ0n) is 17.2. The van der Waals surface area contributed by atoms with Gasteiger partial charge in [0, 0.05) is 11.3 Å². The lowest BCUT2D eigenvalue weighted by Crippen LogP contribution is -2.28. The number of rotatable bonds is 5. The molecule has 0 radical (unpaired) electrons. The Labute approximate surface area is 187 Å². The minimum Gasteiger partial charge on any atom is -0.454 e. The standard InChI is InChI=1S/C25H18F3NO4/c26-25(27,28)19-9-17(16-3-1-15(13-30)2-4-16)10-20(11-19)29-23(31)24(7-8-24)18-5-6-21-22(12-18)33-14-32-21/h1-6,9-13H,7-8,14H2,(H,29,31). The molecule has 2 aliphatic rings. The average molecular weight is 453 g/mol. The van der Waals surface area contributed by atoms with E-state index in [0.29, 0.717) is 41.8 Å². The summed E-state index contributed by atoms with van der Waals surface area (Å²) in [6.45, 7) is 0.110. The van der Waals surface area contributed by atoms with Gasteiger partial charge >= 0.3 is 6.18 Å². The quantitative estimate of drug-likeness (QED) is 0.512. The fourth-order valence-corrected chi connectivity index (χ4v) is 4.00. The number of amides is 1. The third-order valence-electron chi connectivity index (χ3n) is 6.01. The molecule has 1 N–H and O–H groups in total. The van der Waals surface area contributed by atoms with Gasteiger partial charge < -0.3 is 14.8 Å². The van der Waals surface area contributed by atoms with Crippen LogP contribution in [0, 0.1) is 0 Å². The van der Waals surface area contributed by atoms with Crippen molar-refractivity contribution in [2.24, 2.45) is 0 Å². The lowest BCUT2D eigenvalue weighted by molar-refractivity contribution is -0.137. The normalized spacial score (nSPS) is 15.7. The molecule has 168 valence electrons. The summed E-state index contributed by atoms with van der Waals surface area (Å²) in [6, 6.07) is 14.9. The van der Waals surface area contributed by atoms with E-state index in [2.05, 4.69) is 5.32 Å². The van der Waals surface area contributed by atoms with Gasteiger partial charge in [0.2, 0.25) is 12.7 Å². The Morgan fingerprint density at radius 2 is 1.64 bits per heavy atom. The van der Waals surface area contributed by atoms with Crippen molar-refractivity contribution in [1.82, 2.24) is 0 Å². The van der Waals surface area contributed by atoms with Gasteiger partial charge in [-0.3, -0.25) is 9.59 Å². The van der Waals surface area contributed by atoms with Crippen LogP contribution in [0.2, 0.25) is 0 Å². The number of hydrogen-bond donors (Lipinski definition) is 1.